The predicted molar refractivity (Wildman–Crippen MR) is 81.3 cm³/mol. The van der Waals surface area contributed by atoms with Crippen molar-refractivity contribution in [2.45, 2.75) is 19.4 Å². The summed E-state index contributed by atoms with van der Waals surface area (Å²) in [5.41, 5.74) is 9.16. The molecule has 0 amide bonds. The monoisotopic (exact) mass is 289 g/mol. The molecule has 1 unspecified atom stereocenters. The topological polar surface area (TPSA) is 44.5 Å². The van der Waals surface area contributed by atoms with Crippen LogP contribution in [0.2, 0.25) is 0 Å². The van der Waals surface area contributed by atoms with Crippen molar-refractivity contribution in [3.63, 3.8) is 0 Å². The molecule has 0 heterocycles. The number of nitrogens with two attached hydrogens (primary N) is 1. The molecule has 1 atom stereocenters. The van der Waals surface area contributed by atoms with Gasteiger partial charge < -0.3 is 15.2 Å². The molecule has 2 aromatic carbocycles. The van der Waals surface area contributed by atoms with Crippen molar-refractivity contribution >= 4 is 0 Å². The molecule has 0 radical (unpaired) electrons. The zero-order valence-electron chi connectivity index (χ0n) is 12.5. The number of halogens is 1. The standard InChI is InChI=1S/C17H20FNO2/c1-11-8-14(18)6-4-12(11)9-15(19)13-5-7-16(20-2)17(10-13)21-3/h4-8,10,15H,9,19H2,1-3H3. The van der Waals surface area contributed by atoms with E-state index in [0.29, 0.717) is 17.9 Å². The van der Waals surface area contributed by atoms with E-state index in [9.17, 15) is 4.39 Å². The average Bonchev–Trinajstić information content (AvgIpc) is 2.49. The summed E-state index contributed by atoms with van der Waals surface area (Å²) in [7, 11) is 3.19. The molecule has 112 valence electrons. The highest BCUT2D eigenvalue weighted by molar-refractivity contribution is 5.44. The molecule has 0 aliphatic heterocycles. The SMILES string of the molecule is COc1ccc(C(N)Cc2ccc(F)cc2C)cc1OC. The van der Waals surface area contributed by atoms with E-state index < -0.39 is 0 Å². The molecule has 0 spiro atoms. The van der Waals surface area contributed by atoms with Crippen LogP contribution in [0.4, 0.5) is 4.39 Å². The van der Waals surface area contributed by atoms with E-state index in [1.54, 1.807) is 20.3 Å². The molecule has 4 heteroatoms. The highest BCUT2D eigenvalue weighted by Gasteiger charge is 2.12. The van der Waals surface area contributed by atoms with Gasteiger partial charge in [-0.1, -0.05) is 12.1 Å². The second-order valence-electron chi connectivity index (χ2n) is 5.00. The van der Waals surface area contributed by atoms with Gasteiger partial charge in [-0.2, -0.15) is 0 Å². The number of benzene rings is 2. The van der Waals surface area contributed by atoms with Crippen LogP contribution in [0.5, 0.6) is 11.5 Å². The van der Waals surface area contributed by atoms with Gasteiger partial charge >= 0.3 is 0 Å². The molecular formula is C17H20FNO2. The van der Waals surface area contributed by atoms with Gasteiger partial charge in [0.1, 0.15) is 5.82 Å². The van der Waals surface area contributed by atoms with Gasteiger partial charge in [0.15, 0.2) is 11.5 Å². The minimum absolute atomic E-state index is 0.186. The third-order valence-electron chi connectivity index (χ3n) is 3.58. The van der Waals surface area contributed by atoms with E-state index in [1.807, 2.05) is 25.1 Å². The first-order valence-corrected chi connectivity index (χ1v) is 6.77. The number of hydrogen-bond donors (Lipinski definition) is 1. The predicted octanol–water partition coefficient (Wildman–Crippen LogP) is 3.39. The Labute approximate surface area is 124 Å². The maximum absolute atomic E-state index is 13.1. The Bertz CT molecular complexity index is 628. The van der Waals surface area contributed by atoms with Crippen molar-refractivity contribution in [3.05, 3.63) is 58.9 Å². The highest BCUT2D eigenvalue weighted by atomic mass is 19.1. The van der Waals surface area contributed by atoms with Gasteiger partial charge in [-0.25, -0.2) is 4.39 Å². The fourth-order valence-corrected chi connectivity index (χ4v) is 2.33. The lowest BCUT2D eigenvalue weighted by Crippen LogP contribution is -2.14. The van der Waals surface area contributed by atoms with Crippen molar-refractivity contribution in [2.75, 3.05) is 14.2 Å². The van der Waals surface area contributed by atoms with Crippen LogP contribution in [0.15, 0.2) is 36.4 Å². The van der Waals surface area contributed by atoms with Crippen LogP contribution in [0, 0.1) is 12.7 Å². The first-order valence-electron chi connectivity index (χ1n) is 6.77. The first-order chi connectivity index (χ1) is 10.0. The molecule has 0 aromatic heterocycles. The summed E-state index contributed by atoms with van der Waals surface area (Å²) in [4.78, 5) is 0. The fourth-order valence-electron chi connectivity index (χ4n) is 2.33. The van der Waals surface area contributed by atoms with Gasteiger partial charge in [0, 0.05) is 6.04 Å². The minimum atomic E-state index is -0.226. The quantitative estimate of drug-likeness (QED) is 0.917. The Morgan fingerprint density at radius 1 is 1.05 bits per heavy atom. The lowest BCUT2D eigenvalue weighted by Gasteiger charge is -2.16. The van der Waals surface area contributed by atoms with E-state index in [2.05, 4.69) is 0 Å². The van der Waals surface area contributed by atoms with Crippen LogP contribution in [0.25, 0.3) is 0 Å². The summed E-state index contributed by atoms with van der Waals surface area (Å²) >= 11 is 0. The Balaban J connectivity index is 2.21. The summed E-state index contributed by atoms with van der Waals surface area (Å²) in [6.45, 7) is 1.89. The van der Waals surface area contributed by atoms with Crippen molar-refractivity contribution in [2.24, 2.45) is 5.73 Å². The number of methoxy groups -OCH3 is 2. The number of ether oxygens (including phenoxy) is 2. The van der Waals surface area contributed by atoms with Crippen LogP contribution in [-0.2, 0) is 6.42 Å². The molecule has 0 aliphatic carbocycles. The van der Waals surface area contributed by atoms with Crippen molar-refractivity contribution < 1.29 is 13.9 Å². The number of hydrogen-bond acceptors (Lipinski definition) is 3. The molecule has 0 saturated heterocycles. The Hall–Kier alpha value is -2.07. The van der Waals surface area contributed by atoms with Gasteiger partial charge in [-0.05, 0) is 54.3 Å². The van der Waals surface area contributed by atoms with Gasteiger partial charge in [0.05, 0.1) is 14.2 Å². The van der Waals surface area contributed by atoms with E-state index in [0.717, 1.165) is 16.7 Å². The molecule has 0 saturated carbocycles. The van der Waals surface area contributed by atoms with Crippen LogP contribution in [-0.4, -0.2) is 14.2 Å². The van der Waals surface area contributed by atoms with E-state index in [-0.39, 0.29) is 11.9 Å². The maximum atomic E-state index is 13.1. The lowest BCUT2D eigenvalue weighted by molar-refractivity contribution is 0.354. The third-order valence-corrected chi connectivity index (χ3v) is 3.58. The molecule has 2 rings (SSSR count). The van der Waals surface area contributed by atoms with E-state index >= 15 is 0 Å². The Morgan fingerprint density at radius 2 is 1.76 bits per heavy atom. The third kappa shape index (κ3) is 3.52. The first kappa shape index (κ1) is 15.3. The van der Waals surface area contributed by atoms with E-state index in [4.69, 9.17) is 15.2 Å². The van der Waals surface area contributed by atoms with Crippen molar-refractivity contribution in [1.29, 1.82) is 0 Å². The molecule has 2 aromatic rings. The largest absolute Gasteiger partial charge is 0.493 e. The molecule has 21 heavy (non-hydrogen) atoms. The zero-order chi connectivity index (χ0) is 15.4. The van der Waals surface area contributed by atoms with Crippen LogP contribution < -0.4 is 15.2 Å². The molecule has 0 bridgehead atoms. The minimum Gasteiger partial charge on any atom is -0.493 e. The van der Waals surface area contributed by atoms with Gasteiger partial charge in [-0.15, -0.1) is 0 Å². The van der Waals surface area contributed by atoms with Crippen LogP contribution in [0.3, 0.4) is 0 Å². The average molecular weight is 289 g/mol. The highest BCUT2D eigenvalue weighted by Crippen LogP contribution is 2.30. The second-order valence-corrected chi connectivity index (χ2v) is 5.00. The van der Waals surface area contributed by atoms with Gasteiger partial charge in [-0.3, -0.25) is 0 Å². The van der Waals surface area contributed by atoms with E-state index in [1.165, 1.54) is 12.1 Å². The second kappa shape index (κ2) is 6.59. The normalized spacial score (nSPS) is 12.0. The summed E-state index contributed by atoms with van der Waals surface area (Å²) in [5, 5.41) is 0. The maximum Gasteiger partial charge on any atom is 0.161 e. The Kier molecular flexibility index (Phi) is 4.81. The zero-order valence-corrected chi connectivity index (χ0v) is 12.5. The van der Waals surface area contributed by atoms with Crippen molar-refractivity contribution in [3.8, 4) is 11.5 Å². The fraction of sp³-hybridized carbons (Fsp3) is 0.294. The Morgan fingerprint density at radius 3 is 2.38 bits per heavy atom. The smallest absolute Gasteiger partial charge is 0.161 e. The number of rotatable bonds is 5. The van der Waals surface area contributed by atoms with Gasteiger partial charge in [0.25, 0.3) is 0 Å². The van der Waals surface area contributed by atoms with Crippen LogP contribution in [0.1, 0.15) is 22.7 Å². The summed E-state index contributed by atoms with van der Waals surface area (Å²) < 4.78 is 23.6. The molecule has 0 aliphatic rings. The molecule has 3 nitrogen and oxygen atoms in total. The summed E-state index contributed by atoms with van der Waals surface area (Å²) in [6.07, 6.45) is 0.640. The molecule has 0 fully saturated rings. The summed E-state index contributed by atoms with van der Waals surface area (Å²) in [5.74, 6) is 1.10. The number of aryl methyl sites for hydroxylation is 1. The lowest BCUT2D eigenvalue weighted by atomic mass is 9.96. The molecule has 2 N–H and O–H groups in total. The molecular weight excluding hydrogens is 269 g/mol. The van der Waals surface area contributed by atoms with Gasteiger partial charge in [0.2, 0.25) is 0 Å². The van der Waals surface area contributed by atoms with Crippen LogP contribution >= 0.6 is 0 Å². The van der Waals surface area contributed by atoms with Crippen molar-refractivity contribution in [1.82, 2.24) is 0 Å². The summed E-state index contributed by atoms with van der Waals surface area (Å²) in [6, 6.07) is 10.2.